The van der Waals surface area contributed by atoms with Crippen LogP contribution in [0.2, 0.25) is 5.02 Å². The largest absolute Gasteiger partial charge is 0.348 e. The topological polar surface area (TPSA) is 54.3 Å². The van der Waals surface area contributed by atoms with Gasteiger partial charge in [-0.3, -0.25) is 9.59 Å². The second-order valence-electron chi connectivity index (χ2n) is 8.99. The van der Waals surface area contributed by atoms with Gasteiger partial charge in [0.1, 0.15) is 0 Å². The van der Waals surface area contributed by atoms with E-state index in [0.717, 1.165) is 28.9 Å². The number of rotatable bonds is 7. The Labute approximate surface area is 216 Å². The van der Waals surface area contributed by atoms with Gasteiger partial charge in [-0.15, -0.1) is 0 Å². The van der Waals surface area contributed by atoms with Crippen LogP contribution in [0, 0.1) is 0 Å². The zero-order chi connectivity index (χ0) is 24.9. The molecule has 182 valence electrons. The Morgan fingerprint density at radius 2 is 1.53 bits per heavy atom. The van der Waals surface area contributed by atoms with Crippen LogP contribution in [-0.2, 0) is 16.1 Å². The molecule has 1 atom stereocenters. The first-order chi connectivity index (χ1) is 17.6. The first kappa shape index (κ1) is 23.9. The Kier molecular flexibility index (Phi) is 7.19. The molecule has 0 bridgehead atoms. The van der Waals surface area contributed by atoms with E-state index in [1.54, 1.807) is 0 Å². The summed E-state index contributed by atoms with van der Waals surface area (Å²) in [4.78, 5) is 28.3. The molecule has 0 saturated heterocycles. The fourth-order valence-corrected chi connectivity index (χ4v) is 5.13. The Morgan fingerprint density at radius 1 is 0.833 bits per heavy atom. The summed E-state index contributed by atoms with van der Waals surface area (Å²) >= 11 is 6.28. The number of nitrogens with zero attached hydrogens (tertiary/aromatic N) is 2. The maximum atomic E-state index is 13.4. The summed E-state index contributed by atoms with van der Waals surface area (Å²) in [5.74, 6) is -0.195. The van der Waals surface area contributed by atoms with Crippen LogP contribution in [-0.4, -0.2) is 27.8 Å². The van der Waals surface area contributed by atoms with Crippen molar-refractivity contribution in [3.8, 4) is 0 Å². The third-order valence-corrected chi connectivity index (χ3v) is 6.90. The standard InChI is InChI=1S/C30H28ClN3O2/c31-25-14-7-13-24(21-25)30-26-15-8-18-33(26)19-20-34(30)28(36)17-16-27(35)32-29(22-9-3-1-4-10-22)23-11-5-2-6-12-23/h1-15,18,21,29-30H,16-17,19-20H2,(H,32,35). The molecular weight excluding hydrogens is 470 g/mol. The van der Waals surface area contributed by atoms with Gasteiger partial charge in [-0.05, 0) is 41.0 Å². The van der Waals surface area contributed by atoms with Gasteiger partial charge < -0.3 is 14.8 Å². The Morgan fingerprint density at radius 3 is 2.19 bits per heavy atom. The Hall–Kier alpha value is -3.83. The summed E-state index contributed by atoms with van der Waals surface area (Å²) in [6.07, 6.45) is 2.30. The number of amides is 2. The average Bonchev–Trinajstić information content (AvgIpc) is 3.40. The summed E-state index contributed by atoms with van der Waals surface area (Å²) in [5, 5.41) is 3.77. The minimum absolute atomic E-state index is 0.0430. The van der Waals surface area contributed by atoms with E-state index in [2.05, 4.69) is 9.88 Å². The Balaban J connectivity index is 1.30. The smallest absolute Gasteiger partial charge is 0.223 e. The fraction of sp³-hybridized carbons (Fsp3) is 0.200. The van der Waals surface area contributed by atoms with Gasteiger partial charge in [0.25, 0.3) is 0 Å². The molecule has 1 N–H and O–H groups in total. The number of carbonyl (C=O) groups is 2. The predicted molar refractivity (Wildman–Crippen MR) is 142 cm³/mol. The number of carbonyl (C=O) groups excluding carboxylic acids is 2. The molecule has 0 aliphatic carbocycles. The summed E-state index contributed by atoms with van der Waals surface area (Å²) in [7, 11) is 0. The van der Waals surface area contributed by atoms with Crippen molar-refractivity contribution < 1.29 is 9.59 Å². The molecule has 3 aromatic carbocycles. The minimum Gasteiger partial charge on any atom is -0.348 e. The molecule has 1 aliphatic heterocycles. The number of fused-ring (bicyclic) bond motifs is 1. The lowest BCUT2D eigenvalue weighted by atomic mass is 9.98. The van der Waals surface area contributed by atoms with Crippen LogP contribution in [0.4, 0.5) is 0 Å². The van der Waals surface area contributed by atoms with Gasteiger partial charge in [0, 0.05) is 42.8 Å². The second kappa shape index (κ2) is 10.8. The molecular formula is C30H28ClN3O2. The molecule has 36 heavy (non-hydrogen) atoms. The minimum atomic E-state index is -0.271. The molecule has 5 rings (SSSR count). The van der Waals surface area contributed by atoms with Gasteiger partial charge in [-0.1, -0.05) is 84.4 Å². The van der Waals surface area contributed by atoms with Gasteiger partial charge in [0.15, 0.2) is 0 Å². The van der Waals surface area contributed by atoms with Gasteiger partial charge in [0.2, 0.25) is 11.8 Å². The molecule has 4 aromatic rings. The third kappa shape index (κ3) is 5.21. The van der Waals surface area contributed by atoms with Crippen molar-refractivity contribution in [1.29, 1.82) is 0 Å². The van der Waals surface area contributed by atoms with Crippen molar-refractivity contribution in [2.75, 3.05) is 6.54 Å². The summed E-state index contributed by atoms with van der Waals surface area (Å²) in [6.45, 7) is 1.30. The van der Waals surface area contributed by atoms with Crippen molar-refractivity contribution in [3.05, 3.63) is 131 Å². The highest BCUT2D eigenvalue weighted by molar-refractivity contribution is 6.30. The maximum Gasteiger partial charge on any atom is 0.223 e. The summed E-state index contributed by atoms with van der Waals surface area (Å²) in [5.41, 5.74) is 4.02. The average molecular weight is 498 g/mol. The lowest BCUT2D eigenvalue weighted by molar-refractivity contribution is -0.136. The molecule has 0 fully saturated rings. The number of hydrogen-bond donors (Lipinski definition) is 1. The monoisotopic (exact) mass is 497 g/mol. The van der Waals surface area contributed by atoms with Crippen LogP contribution in [0.15, 0.2) is 103 Å². The molecule has 0 spiro atoms. The van der Waals surface area contributed by atoms with Crippen molar-refractivity contribution >= 4 is 23.4 Å². The molecule has 0 radical (unpaired) electrons. The first-order valence-corrected chi connectivity index (χ1v) is 12.6. The van der Waals surface area contributed by atoms with E-state index in [1.807, 2.05) is 108 Å². The van der Waals surface area contributed by atoms with Crippen LogP contribution in [0.1, 0.15) is 47.3 Å². The number of nitrogens with one attached hydrogen (secondary N) is 1. The van der Waals surface area contributed by atoms with E-state index in [4.69, 9.17) is 11.6 Å². The highest BCUT2D eigenvalue weighted by Crippen LogP contribution is 2.34. The van der Waals surface area contributed by atoms with Crippen molar-refractivity contribution in [1.82, 2.24) is 14.8 Å². The van der Waals surface area contributed by atoms with Crippen LogP contribution >= 0.6 is 11.6 Å². The van der Waals surface area contributed by atoms with Crippen LogP contribution in [0.3, 0.4) is 0 Å². The highest BCUT2D eigenvalue weighted by Gasteiger charge is 2.32. The van der Waals surface area contributed by atoms with Crippen LogP contribution in [0.25, 0.3) is 0 Å². The van der Waals surface area contributed by atoms with E-state index in [-0.39, 0.29) is 36.7 Å². The Bertz CT molecular complexity index is 1300. The van der Waals surface area contributed by atoms with Crippen molar-refractivity contribution in [2.45, 2.75) is 31.5 Å². The van der Waals surface area contributed by atoms with E-state index < -0.39 is 0 Å². The van der Waals surface area contributed by atoms with Gasteiger partial charge >= 0.3 is 0 Å². The zero-order valence-corrected chi connectivity index (χ0v) is 20.6. The molecule has 1 aliphatic rings. The van der Waals surface area contributed by atoms with Crippen molar-refractivity contribution in [3.63, 3.8) is 0 Å². The van der Waals surface area contributed by atoms with Crippen LogP contribution < -0.4 is 5.32 Å². The molecule has 5 nitrogen and oxygen atoms in total. The lowest BCUT2D eigenvalue weighted by Crippen LogP contribution is -2.42. The number of aromatic nitrogens is 1. The maximum absolute atomic E-state index is 13.4. The number of benzene rings is 3. The molecule has 2 heterocycles. The first-order valence-electron chi connectivity index (χ1n) is 12.2. The third-order valence-electron chi connectivity index (χ3n) is 6.66. The van der Waals surface area contributed by atoms with E-state index in [9.17, 15) is 9.59 Å². The lowest BCUT2D eigenvalue weighted by Gasteiger charge is -2.37. The SMILES string of the molecule is O=C(CCC(=O)N1CCn2cccc2C1c1cccc(Cl)c1)NC(c1ccccc1)c1ccccc1. The summed E-state index contributed by atoms with van der Waals surface area (Å²) in [6, 6.07) is 30.9. The van der Waals surface area contributed by atoms with Crippen LogP contribution in [0.5, 0.6) is 0 Å². The van der Waals surface area contributed by atoms with E-state index >= 15 is 0 Å². The molecule has 1 unspecified atom stereocenters. The second-order valence-corrected chi connectivity index (χ2v) is 9.43. The van der Waals surface area contributed by atoms with Gasteiger partial charge in [-0.2, -0.15) is 0 Å². The highest BCUT2D eigenvalue weighted by atomic mass is 35.5. The quantitative estimate of drug-likeness (QED) is 0.353. The van der Waals surface area contributed by atoms with Gasteiger partial charge in [-0.25, -0.2) is 0 Å². The normalized spacial score (nSPS) is 14.9. The fourth-order valence-electron chi connectivity index (χ4n) is 4.93. The molecule has 6 heteroatoms. The van der Waals surface area contributed by atoms with E-state index in [0.29, 0.717) is 11.6 Å². The number of halogens is 1. The van der Waals surface area contributed by atoms with Crippen molar-refractivity contribution in [2.24, 2.45) is 0 Å². The number of hydrogen-bond acceptors (Lipinski definition) is 2. The van der Waals surface area contributed by atoms with E-state index in [1.165, 1.54) is 0 Å². The predicted octanol–water partition coefficient (Wildman–Crippen LogP) is 5.76. The summed E-state index contributed by atoms with van der Waals surface area (Å²) < 4.78 is 2.17. The molecule has 0 saturated carbocycles. The zero-order valence-electron chi connectivity index (χ0n) is 19.9. The van der Waals surface area contributed by atoms with Gasteiger partial charge in [0.05, 0.1) is 12.1 Å². The molecule has 2 amide bonds. The molecule has 1 aromatic heterocycles.